The standard InChI is InChI=1S/C27H27N3O6.2C25H25N3O4/c1-4-36-26(33)19-13-27(14-22(19)31)24(32)23(21-9-15-7-5-6-8-20(15)29-21)25(28)30(27)16-10-17(34-2)12-18(11-16)35-3;2*1-26-24-22(21-10-15-6-4-5-7-20(15)27-21)23(30)25(9-8-17(29)14-25)28(24)16-11-18(31-2)13-19(12-16)32-3/h5-8,10-12,19,28-29H,4,9,13-14H2,1-3H3;2*4-7,11-13,27H,8-10,14H2,1-3H3/i;8D;. The number of rotatable bonds is 11. The van der Waals surface area contributed by atoms with E-state index in [1.807, 2.05) is 88.7 Å². The number of ether oxygens (including phenoxy) is 7. The Balaban J connectivity index is 0.000000136. The number of amidine groups is 3. The number of hydrogen-bond acceptors (Lipinski definition) is 20. The van der Waals surface area contributed by atoms with Crippen LogP contribution in [0.15, 0.2) is 171 Å². The maximum absolute atomic E-state index is 14.2. The smallest absolute Gasteiger partial charge is 0.316 e. The first-order chi connectivity index (χ1) is 48.7. The molecule has 15 rings (SSSR count). The molecule has 5 atom stereocenters. The number of carbonyl (C=O) groups excluding carboxylic acids is 7. The zero-order valence-electron chi connectivity index (χ0n) is 58.0. The monoisotopic (exact) mass is 1350 g/mol. The third kappa shape index (κ3) is 11.3. The molecule has 23 nitrogen and oxygen atoms in total. The van der Waals surface area contributed by atoms with E-state index in [0.717, 1.165) is 50.8 Å². The molecule has 0 bridgehead atoms. The molecule has 5 unspecified atom stereocenters. The summed E-state index contributed by atoms with van der Waals surface area (Å²) in [7, 11) is 12.6. The Morgan fingerprint density at radius 1 is 0.510 bits per heavy atom. The lowest BCUT2D eigenvalue weighted by molar-refractivity contribution is -0.150. The minimum Gasteiger partial charge on any atom is -0.497 e. The van der Waals surface area contributed by atoms with Crippen molar-refractivity contribution in [1.82, 2.24) is 0 Å². The summed E-state index contributed by atoms with van der Waals surface area (Å²) >= 11 is 0. The molecule has 23 heteroatoms. The summed E-state index contributed by atoms with van der Waals surface area (Å²) in [6.45, 7) is 1.80. The van der Waals surface area contributed by atoms with Crippen LogP contribution in [0.1, 0.15) is 76.3 Å². The van der Waals surface area contributed by atoms with Crippen molar-refractivity contribution in [2.75, 3.05) is 94.0 Å². The van der Waals surface area contributed by atoms with Crippen LogP contribution in [0.3, 0.4) is 0 Å². The Bertz CT molecular complexity index is 4540. The van der Waals surface area contributed by atoms with E-state index in [1.165, 1.54) is 14.2 Å². The molecule has 0 aromatic heterocycles. The third-order valence-corrected chi connectivity index (χ3v) is 20.1. The molecule has 3 saturated carbocycles. The number of para-hydroxylation sites is 3. The lowest BCUT2D eigenvalue weighted by atomic mass is 9.88. The van der Waals surface area contributed by atoms with Crippen molar-refractivity contribution < 1.29 is 68.1 Å². The topological polar surface area (TPSA) is 278 Å². The second-order valence-corrected chi connectivity index (χ2v) is 25.6. The van der Waals surface area contributed by atoms with Crippen LogP contribution in [0.5, 0.6) is 34.5 Å². The number of fused-ring (bicyclic) bond motifs is 3. The van der Waals surface area contributed by atoms with Crippen LogP contribution in [-0.2, 0) is 57.6 Å². The average Bonchev–Trinajstić information content (AvgIpc) is 1.56. The van der Waals surface area contributed by atoms with Gasteiger partial charge in [0.25, 0.3) is 0 Å². The second kappa shape index (κ2) is 26.8. The number of hydrogen-bond donors (Lipinski definition) is 4. The van der Waals surface area contributed by atoms with Gasteiger partial charge in [-0.25, -0.2) is 0 Å². The van der Waals surface area contributed by atoms with Crippen molar-refractivity contribution in [3.05, 3.63) is 178 Å². The summed E-state index contributed by atoms with van der Waals surface area (Å²) < 4.78 is 46.1. The van der Waals surface area contributed by atoms with Crippen LogP contribution in [0.4, 0.5) is 34.1 Å². The van der Waals surface area contributed by atoms with Crippen LogP contribution < -0.4 is 59.1 Å². The number of benzene rings is 6. The van der Waals surface area contributed by atoms with E-state index >= 15 is 0 Å². The highest BCUT2D eigenvalue weighted by molar-refractivity contribution is 6.41. The van der Waals surface area contributed by atoms with E-state index in [9.17, 15) is 33.6 Å². The Hall–Kier alpha value is -11.4. The van der Waals surface area contributed by atoms with Gasteiger partial charge in [0.1, 0.15) is 91.9 Å². The number of methoxy groups -OCH3 is 6. The van der Waals surface area contributed by atoms with Gasteiger partial charge in [-0.2, -0.15) is 0 Å². The highest BCUT2D eigenvalue weighted by Crippen LogP contribution is 2.53. The molecule has 6 aliphatic heterocycles. The van der Waals surface area contributed by atoms with Crippen molar-refractivity contribution in [1.29, 1.82) is 5.41 Å². The summed E-state index contributed by atoms with van der Waals surface area (Å²) in [5, 5.41) is 19.3. The van der Waals surface area contributed by atoms with Gasteiger partial charge in [-0.3, -0.25) is 49.0 Å². The Labute approximate surface area is 579 Å². The zero-order chi connectivity index (χ0) is 71.4. The number of Topliss-reactive ketones (excluding diaryl/α,β-unsaturated/α-hetero) is 6. The number of anilines is 6. The van der Waals surface area contributed by atoms with Crippen molar-refractivity contribution in [2.45, 2.75) is 94.1 Å². The van der Waals surface area contributed by atoms with Gasteiger partial charge in [-0.05, 0) is 61.1 Å². The molecule has 3 saturated heterocycles. The number of nitrogens with zero attached hydrogens (tertiary/aromatic N) is 5. The number of aliphatic imine (C=N–C) groups is 2. The van der Waals surface area contributed by atoms with Gasteiger partial charge >= 0.3 is 5.97 Å². The summed E-state index contributed by atoms with van der Waals surface area (Å²) in [6.07, 6.45) is 1.46. The summed E-state index contributed by atoms with van der Waals surface area (Å²) in [5.41, 5.74) is 7.72. The second-order valence-electron chi connectivity index (χ2n) is 25.6. The molecule has 514 valence electrons. The van der Waals surface area contributed by atoms with Gasteiger partial charge in [0, 0.05) is 156 Å². The zero-order valence-corrected chi connectivity index (χ0v) is 57.0. The van der Waals surface area contributed by atoms with Crippen LogP contribution in [0, 0.1) is 11.3 Å². The fraction of sp³-hybridized carbons (Fsp3) is 0.325. The normalized spacial score (nSPS) is 26.2. The molecule has 100 heavy (non-hydrogen) atoms. The molecule has 0 amide bonds. The van der Waals surface area contributed by atoms with Crippen LogP contribution in [-0.4, -0.2) is 138 Å². The van der Waals surface area contributed by atoms with Crippen molar-refractivity contribution in [3.8, 4) is 34.5 Å². The predicted molar refractivity (Wildman–Crippen MR) is 378 cm³/mol. The summed E-state index contributed by atoms with van der Waals surface area (Å²) in [5.74, 6) is 1.44. The molecule has 9 aliphatic rings. The molecule has 4 N–H and O–H groups in total. The maximum atomic E-state index is 14.2. The maximum Gasteiger partial charge on any atom is 0.316 e. The number of esters is 1. The van der Waals surface area contributed by atoms with Crippen molar-refractivity contribution in [2.24, 2.45) is 15.9 Å². The lowest BCUT2D eigenvalue weighted by Gasteiger charge is -2.34. The van der Waals surface area contributed by atoms with Crippen LogP contribution in [0.2, 0.25) is 0 Å². The number of ketones is 6. The number of allylic oxidation sites excluding steroid dienone is 3. The first-order valence-corrected chi connectivity index (χ1v) is 32.9. The van der Waals surface area contributed by atoms with Crippen LogP contribution >= 0.6 is 0 Å². The van der Waals surface area contributed by atoms with E-state index < -0.39 is 34.9 Å². The molecular weight excluding hydrogens is 1270 g/mol. The molecule has 3 aliphatic carbocycles. The van der Waals surface area contributed by atoms with Crippen molar-refractivity contribution in [3.63, 3.8) is 0 Å². The molecule has 6 heterocycles. The SMILES string of the molecule is CCOC(=O)C1CC2(CC1=O)C(=O)C(=C1Cc3ccccc3N1)C(=N)N2c1cc(OC)cc(OC)c1.CN=C1C(=C2Cc3ccccc3N2)C(=O)C2(CCC(=O)C2)N1c1cc(OC)cc(OC)c1.[2H]C1CC2(CC1=O)C(=O)C(=C1Cc3ccccc3N1)C(=NC)N2c1cc(OC)cc(OC)c1. The van der Waals surface area contributed by atoms with Gasteiger partial charge in [0.15, 0.2) is 17.3 Å². The molecule has 3 spiro atoms. The molecule has 6 fully saturated rings. The van der Waals surface area contributed by atoms with E-state index in [0.29, 0.717) is 106 Å². The quantitative estimate of drug-likeness (QED) is 0.0533. The van der Waals surface area contributed by atoms with E-state index in [1.54, 1.807) is 96.8 Å². The number of carbonyl (C=O) groups is 7. The molecule has 6 aromatic rings. The minimum absolute atomic E-state index is 0.0390. The highest BCUT2D eigenvalue weighted by atomic mass is 16.5. The molecule has 0 radical (unpaired) electrons. The van der Waals surface area contributed by atoms with Crippen molar-refractivity contribution >= 4 is 92.3 Å². The minimum atomic E-state index is -1.43. The van der Waals surface area contributed by atoms with Gasteiger partial charge in [0.05, 0.1) is 83.0 Å². The Morgan fingerprint density at radius 2 is 0.880 bits per heavy atom. The van der Waals surface area contributed by atoms with E-state index in [4.69, 9.17) is 39.9 Å². The first-order valence-electron chi connectivity index (χ1n) is 33.5. The Kier molecular flexibility index (Phi) is 17.7. The fourth-order valence-electron chi connectivity index (χ4n) is 15.5. The summed E-state index contributed by atoms with van der Waals surface area (Å²) in [6, 6.07) is 39.6. The summed E-state index contributed by atoms with van der Waals surface area (Å²) in [4.78, 5) is 108. The molecular formula is C77H77N9O14. The number of nitrogens with one attached hydrogen (secondary N) is 4. The van der Waals surface area contributed by atoms with Gasteiger partial charge in [-0.15, -0.1) is 0 Å². The fourth-order valence-corrected chi connectivity index (χ4v) is 15.5. The lowest BCUT2D eigenvalue weighted by Crippen LogP contribution is -2.48. The van der Waals surface area contributed by atoms with Gasteiger partial charge < -0.3 is 63.8 Å². The van der Waals surface area contributed by atoms with Gasteiger partial charge in [0.2, 0.25) is 0 Å². The van der Waals surface area contributed by atoms with E-state index in [-0.39, 0.29) is 84.8 Å². The average molecular weight is 1350 g/mol. The largest absolute Gasteiger partial charge is 0.497 e. The van der Waals surface area contributed by atoms with Gasteiger partial charge in [-0.1, -0.05) is 54.6 Å². The molecule has 6 aromatic carbocycles. The third-order valence-electron chi connectivity index (χ3n) is 20.1. The van der Waals surface area contributed by atoms with Crippen LogP contribution in [0.25, 0.3) is 0 Å². The first kappa shape index (κ1) is 65.9. The highest BCUT2D eigenvalue weighted by Gasteiger charge is 2.64. The predicted octanol–water partition coefficient (Wildman–Crippen LogP) is 10.3. The Morgan fingerprint density at radius 3 is 1.23 bits per heavy atom. The van der Waals surface area contributed by atoms with E-state index in [2.05, 4.69) is 32.0 Å².